The molecule has 0 aliphatic carbocycles. The van der Waals surface area contributed by atoms with Crippen molar-refractivity contribution in [1.82, 2.24) is 0 Å². The van der Waals surface area contributed by atoms with Gasteiger partial charge in [0.25, 0.3) is 0 Å². The SMILES string of the molecule is CC(C#N)C(O)c1ccco1. The molecule has 0 spiro atoms. The molecule has 0 bridgehead atoms. The lowest BCUT2D eigenvalue weighted by atomic mass is 10.1. The van der Waals surface area contributed by atoms with E-state index in [9.17, 15) is 5.11 Å². The number of nitrogens with zero attached hydrogens (tertiary/aromatic N) is 1. The molecule has 0 aromatic carbocycles. The van der Waals surface area contributed by atoms with Crippen LogP contribution in [-0.2, 0) is 0 Å². The summed E-state index contributed by atoms with van der Waals surface area (Å²) in [6.45, 7) is 1.65. The summed E-state index contributed by atoms with van der Waals surface area (Å²) in [5.41, 5.74) is 0. The molecule has 0 aliphatic heterocycles. The largest absolute Gasteiger partial charge is 0.467 e. The van der Waals surface area contributed by atoms with Crippen LogP contribution in [0.5, 0.6) is 0 Å². The molecular formula is C8H9NO2. The fourth-order valence-corrected chi connectivity index (χ4v) is 0.777. The van der Waals surface area contributed by atoms with E-state index in [0.29, 0.717) is 5.76 Å². The number of aliphatic hydroxyl groups is 1. The smallest absolute Gasteiger partial charge is 0.133 e. The van der Waals surface area contributed by atoms with Crippen LogP contribution in [-0.4, -0.2) is 5.11 Å². The second-order valence-electron chi connectivity index (χ2n) is 2.38. The van der Waals surface area contributed by atoms with Gasteiger partial charge in [0.05, 0.1) is 18.3 Å². The van der Waals surface area contributed by atoms with Gasteiger partial charge < -0.3 is 9.52 Å². The zero-order chi connectivity index (χ0) is 8.27. The molecule has 3 nitrogen and oxygen atoms in total. The maximum absolute atomic E-state index is 9.36. The van der Waals surface area contributed by atoms with Crippen molar-refractivity contribution in [3.63, 3.8) is 0 Å². The highest BCUT2D eigenvalue weighted by molar-refractivity contribution is 5.05. The molecule has 1 rings (SSSR count). The number of nitriles is 1. The van der Waals surface area contributed by atoms with E-state index in [1.54, 1.807) is 19.1 Å². The topological polar surface area (TPSA) is 57.2 Å². The quantitative estimate of drug-likeness (QED) is 0.696. The Morgan fingerprint density at radius 2 is 2.45 bits per heavy atom. The minimum absolute atomic E-state index is 0.429. The normalized spacial score (nSPS) is 15.4. The summed E-state index contributed by atoms with van der Waals surface area (Å²) >= 11 is 0. The zero-order valence-corrected chi connectivity index (χ0v) is 6.19. The average molecular weight is 151 g/mol. The first-order chi connectivity index (χ1) is 5.25. The number of hydrogen-bond acceptors (Lipinski definition) is 3. The lowest BCUT2D eigenvalue weighted by molar-refractivity contribution is 0.117. The van der Waals surface area contributed by atoms with Gasteiger partial charge in [-0.1, -0.05) is 0 Å². The van der Waals surface area contributed by atoms with E-state index in [1.807, 2.05) is 6.07 Å². The van der Waals surface area contributed by atoms with Gasteiger partial charge in [-0.05, 0) is 19.1 Å². The molecule has 1 aromatic rings. The monoisotopic (exact) mass is 151 g/mol. The van der Waals surface area contributed by atoms with Crippen molar-refractivity contribution >= 4 is 0 Å². The molecule has 1 N–H and O–H groups in total. The Kier molecular flexibility index (Phi) is 2.29. The van der Waals surface area contributed by atoms with Gasteiger partial charge in [-0.25, -0.2) is 0 Å². The van der Waals surface area contributed by atoms with Crippen molar-refractivity contribution in [2.45, 2.75) is 13.0 Å². The van der Waals surface area contributed by atoms with Crippen molar-refractivity contribution in [3.05, 3.63) is 24.2 Å². The van der Waals surface area contributed by atoms with Crippen LogP contribution in [0.15, 0.2) is 22.8 Å². The minimum atomic E-state index is -0.810. The second-order valence-corrected chi connectivity index (χ2v) is 2.38. The fourth-order valence-electron chi connectivity index (χ4n) is 0.777. The number of furan rings is 1. The van der Waals surface area contributed by atoms with Crippen molar-refractivity contribution in [1.29, 1.82) is 5.26 Å². The van der Waals surface area contributed by atoms with E-state index in [0.717, 1.165) is 0 Å². The predicted molar refractivity (Wildman–Crippen MR) is 38.4 cm³/mol. The Bertz CT molecular complexity index is 248. The summed E-state index contributed by atoms with van der Waals surface area (Å²) in [6, 6.07) is 5.28. The second kappa shape index (κ2) is 3.22. The predicted octanol–water partition coefficient (Wildman–Crippen LogP) is 1.47. The average Bonchev–Trinajstić information content (AvgIpc) is 2.53. The Morgan fingerprint density at radius 1 is 1.73 bits per heavy atom. The van der Waals surface area contributed by atoms with Crippen molar-refractivity contribution in [3.8, 4) is 6.07 Å². The first-order valence-electron chi connectivity index (χ1n) is 3.37. The van der Waals surface area contributed by atoms with Crippen molar-refractivity contribution < 1.29 is 9.52 Å². The molecule has 11 heavy (non-hydrogen) atoms. The first kappa shape index (κ1) is 7.83. The molecule has 0 aliphatic rings. The highest BCUT2D eigenvalue weighted by atomic mass is 16.4. The van der Waals surface area contributed by atoms with Crippen molar-refractivity contribution in [2.24, 2.45) is 5.92 Å². The van der Waals surface area contributed by atoms with Gasteiger partial charge in [0.2, 0.25) is 0 Å². The van der Waals surface area contributed by atoms with E-state index in [2.05, 4.69) is 0 Å². The first-order valence-corrected chi connectivity index (χ1v) is 3.37. The Balaban J connectivity index is 2.71. The van der Waals surface area contributed by atoms with Crippen LogP contribution in [0.1, 0.15) is 18.8 Å². The molecular weight excluding hydrogens is 142 g/mol. The van der Waals surface area contributed by atoms with Gasteiger partial charge in [-0.15, -0.1) is 0 Å². The van der Waals surface area contributed by atoms with Crippen molar-refractivity contribution in [2.75, 3.05) is 0 Å². The lowest BCUT2D eigenvalue weighted by Crippen LogP contribution is -2.05. The highest BCUT2D eigenvalue weighted by Crippen LogP contribution is 2.20. The summed E-state index contributed by atoms with van der Waals surface area (Å²) in [7, 11) is 0. The maximum atomic E-state index is 9.36. The number of aliphatic hydroxyl groups excluding tert-OH is 1. The molecule has 0 amide bonds. The molecule has 0 fully saturated rings. The van der Waals surface area contributed by atoms with Crippen LogP contribution in [0.4, 0.5) is 0 Å². The molecule has 0 saturated heterocycles. The third-order valence-electron chi connectivity index (χ3n) is 1.51. The Morgan fingerprint density at radius 3 is 2.91 bits per heavy atom. The van der Waals surface area contributed by atoms with Crippen LogP contribution in [0, 0.1) is 17.2 Å². The zero-order valence-electron chi connectivity index (χ0n) is 6.19. The lowest BCUT2D eigenvalue weighted by Gasteiger charge is -2.07. The van der Waals surface area contributed by atoms with Gasteiger partial charge >= 0.3 is 0 Å². The summed E-state index contributed by atoms with van der Waals surface area (Å²) in [5.74, 6) is 0.0141. The van der Waals surface area contributed by atoms with Crippen LogP contribution < -0.4 is 0 Å². The number of hydrogen-bond donors (Lipinski definition) is 1. The molecule has 2 unspecified atom stereocenters. The maximum Gasteiger partial charge on any atom is 0.133 e. The van der Waals surface area contributed by atoms with Crippen LogP contribution in [0.25, 0.3) is 0 Å². The molecule has 0 saturated carbocycles. The van der Waals surface area contributed by atoms with Crippen LogP contribution in [0.2, 0.25) is 0 Å². The summed E-state index contributed by atoms with van der Waals surface area (Å²) in [6.07, 6.45) is 0.665. The molecule has 1 aromatic heterocycles. The third kappa shape index (κ3) is 1.60. The van der Waals surface area contributed by atoms with Crippen LogP contribution in [0.3, 0.4) is 0 Å². The van der Waals surface area contributed by atoms with Gasteiger partial charge in [-0.2, -0.15) is 5.26 Å². The highest BCUT2D eigenvalue weighted by Gasteiger charge is 2.17. The molecule has 0 radical (unpaired) electrons. The van der Waals surface area contributed by atoms with E-state index in [4.69, 9.17) is 9.68 Å². The Labute approximate surface area is 64.9 Å². The molecule has 58 valence electrons. The standard InChI is InChI=1S/C8H9NO2/c1-6(5-9)8(10)7-3-2-4-11-7/h2-4,6,8,10H,1H3. The molecule has 1 heterocycles. The number of rotatable bonds is 2. The minimum Gasteiger partial charge on any atom is -0.467 e. The molecule has 3 heteroatoms. The van der Waals surface area contributed by atoms with E-state index < -0.39 is 12.0 Å². The van der Waals surface area contributed by atoms with E-state index in [1.165, 1.54) is 6.26 Å². The Hall–Kier alpha value is -1.27. The van der Waals surface area contributed by atoms with Gasteiger partial charge in [0.15, 0.2) is 0 Å². The van der Waals surface area contributed by atoms with E-state index in [-0.39, 0.29) is 0 Å². The van der Waals surface area contributed by atoms with Gasteiger partial charge in [0.1, 0.15) is 11.9 Å². The fraction of sp³-hybridized carbons (Fsp3) is 0.375. The summed E-state index contributed by atoms with van der Waals surface area (Å²) < 4.78 is 4.92. The molecule has 2 atom stereocenters. The van der Waals surface area contributed by atoms with E-state index >= 15 is 0 Å². The summed E-state index contributed by atoms with van der Waals surface area (Å²) in [5, 5.41) is 17.8. The third-order valence-corrected chi connectivity index (χ3v) is 1.51. The van der Waals surface area contributed by atoms with Gasteiger partial charge in [-0.3, -0.25) is 0 Å². The van der Waals surface area contributed by atoms with Gasteiger partial charge in [0, 0.05) is 0 Å². The summed E-state index contributed by atoms with van der Waals surface area (Å²) in [4.78, 5) is 0. The van der Waals surface area contributed by atoms with Crippen LogP contribution >= 0.6 is 0 Å².